The predicted octanol–water partition coefficient (Wildman–Crippen LogP) is 1.79. The Labute approximate surface area is 92.7 Å². The molecule has 0 atom stereocenters. The molecule has 1 aromatic rings. The van der Waals surface area contributed by atoms with Gasteiger partial charge in [0.15, 0.2) is 0 Å². The predicted molar refractivity (Wildman–Crippen MR) is 60.7 cm³/mol. The Morgan fingerprint density at radius 1 is 1.56 bits per heavy atom. The maximum absolute atomic E-state index is 10.7. The zero-order valence-electron chi connectivity index (χ0n) is 8.84. The first kappa shape index (κ1) is 11.9. The van der Waals surface area contributed by atoms with Crippen LogP contribution in [0.2, 0.25) is 0 Å². The lowest BCUT2D eigenvalue weighted by Crippen LogP contribution is -2.07. The quantitative estimate of drug-likeness (QED) is 0.619. The van der Waals surface area contributed by atoms with E-state index in [0.717, 1.165) is 5.56 Å². The van der Waals surface area contributed by atoms with Crippen LogP contribution in [0.25, 0.3) is 6.08 Å². The minimum atomic E-state index is -0.466. The fraction of sp³-hybridized carbons (Fsp3) is 0.182. The number of benzene rings is 1. The van der Waals surface area contributed by atoms with Crippen LogP contribution in [0, 0.1) is 17.0 Å². The Bertz CT molecular complexity index is 453. The van der Waals surface area contributed by atoms with Crippen molar-refractivity contribution >= 4 is 17.7 Å². The maximum Gasteiger partial charge on any atom is 0.276 e. The number of hydrogen-bond donors (Lipinski definition) is 1. The molecule has 0 radical (unpaired) electrons. The zero-order chi connectivity index (χ0) is 12.1. The van der Waals surface area contributed by atoms with E-state index in [2.05, 4.69) is 0 Å². The molecule has 0 aliphatic carbocycles. The lowest BCUT2D eigenvalue weighted by atomic mass is 10.1. The number of nitrogens with two attached hydrogens (primary N) is 1. The van der Waals surface area contributed by atoms with Gasteiger partial charge in [-0.15, -0.1) is 0 Å². The molecule has 0 aliphatic heterocycles. The molecular weight excluding hydrogens is 208 g/mol. The Morgan fingerprint density at radius 2 is 2.25 bits per heavy atom. The molecule has 5 nitrogen and oxygen atoms in total. The molecule has 0 aliphatic rings. The fourth-order valence-corrected chi connectivity index (χ4v) is 1.28. The molecule has 0 aromatic heterocycles. The van der Waals surface area contributed by atoms with Crippen molar-refractivity contribution < 1.29 is 9.72 Å². The number of nitro groups is 1. The molecule has 5 heteroatoms. The van der Waals surface area contributed by atoms with Gasteiger partial charge in [0.2, 0.25) is 5.91 Å². The standard InChI is InChI=1S/C11H12N2O3/c1-8-5-6-10(13(15)16)9(7-8)3-2-4-11(12)14/h2-3,5-7H,4H2,1H3,(H2,12,14). The van der Waals surface area contributed by atoms with E-state index in [1.54, 1.807) is 12.1 Å². The van der Waals surface area contributed by atoms with Gasteiger partial charge in [0.25, 0.3) is 5.69 Å². The number of carbonyl (C=O) groups excluding carboxylic acids is 1. The summed E-state index contributed by atoms with van der Waals surface area (Å²) in [6.45, 7) is 1.84. The van der Waals surface area contributed by atoms with Gasteiger partial charge in [-0.3, -0.25) is 14.9 Å². The van der Waals surface area contributed by atoms with E-state index in [1.165, 1.54) is 18.2 Å². The first-order valence-corrected chi connectivity index (χ1v) is 4.70. The van der Waals surface area contributed by atoms with Crippen LogP contribution in [-0.4, -0.2) is 10.8 Å². The number of aryl methyl sites for hydroxylation is 1. The summed E-state index contributed by atoms with van der Waals surface area (Å²) in [7, 11) is 0. The van der Waals surface area contributed by atoms with Crippen molar-refractivity contribution in [3.8, 4) is 0 Å². The van der Waals surface area contributed by atoms with Crippen LogP contribution >= 0.6 is 0 Å². The minimum Gasteiger partial charge on any atom is -0.369 e. The molecule has 0 unspecified atom stereocenters. The number of carbonyl (C=O) groups is 1. The summed E-state index contributed by atoms with van der Waals surface area (Å²) in [5.74, 6) is -0.466. The molecule has 0 fully saturated rings. The maximum atomic E-state index is 10.7. The second-order valence-electron chi connectivity index (χ2n) is 3.39. The molecule has 1 aromatic carbocycles. The average Bonchev–Trinajstić information content (AvgIpc) is 2.16. The van der Waals surface area contributed by atoms with Crippen LogP contribution in [0.5, 0.6) is 0 Å². The van der Waals surface area contributed by atoms with Crippen molar-refractivity contribution in [1.82, 2.24) is 0 Å². The summed E-state index contributed by atoms with van der Waals surface area (Å²) in [6.07, 6.45) is 3.13. The minimum absolute atomic E-state index is 0.0197. The van der Waals surface area contributed by atoms with Crippen LogP contribution in [0.15, 0.2) is 24.3 Å². The molecule has 84 valence electrons. The highest BCUT2D eigenvalue weighted by atomic mass is 16.6. The van der Waals surface area contributed by atoms with Gasteiger partial charge in [0, 0.05) is 12.5 Å². The number of primary amides is 1. The van der Waals surface area contributed by atoms with Crippen molar-refractivity contribution in [2.24, 2.45) is 5.73 Å². The Morgan fingerprint density at radius 3 is 2.81 bits per heavy atom. The van der Waals surface area contributed by atoms with Gasteiger partial charge in [0.1, 0.15) is 0 Å². The number of rotatable bonds is 4. The number of nitrogens with zero attached hydrogens (tertiary/aromatic N) is 1. The first-order valence-electron chi connectivity index (χ1n) is 4.70. The zero-order valence-corrected chi connectivity index (χ0v) is 8.84. The lowest BCUT2D eigenvalue weighted by molar-refractivity contribution is -0.385. The topological polar surface area (TPSA) is 86.2 Å². The molecule has 0 saturated heterocycles. The van der Waals surface area contributed by atoms with Gasteiger partial charge in [-0.2, -0.15) is 0 Å². The third kappa shape index (κ3) is 3.20. The van der Waals surface area contributed by atoms with E-state index < -0.39 is 10.8 Å². The highest BCUT2D eigenvalue weighted by Gasteiger charge is 2.10. The first-order chi connectivity index (χ1) is 7.50. The van der Waals surface area contributed by atoms with Crippen LogP contribution in [0.1, 0.15) is 17.5 Å². The summed E-state index contributed by atoms with van der Waals surface area (Å²) >= 11 is 0. The molecule has 1 rings (SSSR count). The van der Waals surface area contributed by atoms with Crippen molar-refractivity contribution in [1.29, 1.82) is 0 Å². The van der Waals surface area contributed by atoms with Crippen molar-refractivity contribution in [2.75, 3.05) is 0 Å². The van der Waals surface area contributed by atoms with E-state index >= 15 is 0 Å². The summed E-state index contributed by atoms with van der Waals surface area (Å²) in [5.41, 5.74) is 6.38. The second-order valence-corrected chi connectivity index (χ2v) is 3.39. The second kappa shape index (κ2) is 5.06. The fourth-order valence-electron chi connectivity index (χ4n) is 1.28. The molecule has 0 bridgehead atoms. The van der Waals surface area contributed by atoms with E-state index in [0.29, 0.717) is 5.56 Å². The highest BCUT2D eigenvalue weighted by molar-refractivity contribution is 5.77. The normalized spacial score (nSPS) is 10.6. The number of nitro benzene ring substituents is 1. The largest absolute Gasteiger partial charge is 0.369 e. The Balaban J connectivity index is 3.01. The summed E-state index contributed by atoms with van der Waals surface area (Å²) in [6, 6.07) is 4.80. The van der Waals surface area contributed by atoms with Crippen molar-refractivity contribution in [3.05, 3.63) is 45.5 Å². The molecule has 0 spiro atoms. The lowest BCUT2D eigenvalue weighted by Gasteiger charge is -1.98. The molecule has 2 N–H and O–H groups in total. The summed E-state index contributed by atoms with van der Waals surface area (Å²) in [5, 5.41) is 10.7. The van der Waals surface area contributed by atoms with Gasteiger partial charge < -0.3 is 5.73 Å². The third-order valence-corrected chi connectivity index (χ3v) is 2.00. The van der Waals surface area contributed by atoms with Crippen molar-refractivity contribution in [2.45, 2.75) is 13.3 Å². The summed E-state index contributed by atoms with van der Waals surface area (Å²) < 4.78 is 0. The van der Waals surface area contributed by atoms with Gasteiger partial charge in [-0.05, 0) is 13.0 Å². The van der Waals surface area contributed by atoms with Crippen LogP contribution < -0.4 is 5.73 Å². The van der Waals surface area contributed by atoms with Gasteiger partial charge in [0.05, 0.1) is 10.5 Å². The smallest absolute Gasteiger partial charge is 0.276 e. The van der Waals surface area contributed by atoms with Gasteiger partial charge >= 0.3 is 0 Å². The Kier molecular flexibility index (Phi) is 3.77. The molecule has 0 saturated carbocycles. The van der Waals surface area contributed by atoms with Crippen LogP contribution in [0.3, 0.4) is 0 Å². The van der Waals surface area contributed by atoms with E-state index in [1.807, 2.05) is 6.92 Å². The average molecular weight is 220 g/mol. The molecule has 0 heterocycles. The Hall–Kier alpha value is -2.17. The van der Waals surface area contributed by atoms with Crippen LogP contribution in [0.4, 0.5) is 5.69 Å². The highest BCUT2D eigenvalue weighted by Crippen LogP contribution is 2.21. The van der Waals surface area contributed by atoms with Gasteiger partial charge in [-0.1, -0.05) is 23.8 Å². The molecule has 1 amide bonds. The van der Waals surface area contributed by atoms with E-state index in [9.17, 15) is 14.9 Å². The van der Waals surface area contributed by atoms with E-state index in [-0.39, 0.29) is 12.1 Å². The molecular formula is C11H12N2O3. The summed E-state index contributed by atoms with van der Waals surface area (Å²) in [4.78, 5) is 20.8. The molecule has 16 heavy (non-hydrogen) atoms. The SMILES string of the molecule is Cc1ccc([N+](=O)[O-])c(C=CCC(N)=O)c1. The van der Waals surface area contributed by atoms with Crippen LogP contribution in [-0.2, 0) is 4.79 Å². The number of amides is 1. The monoisotopic (exact) mass is 220 g/mol. The number of hydrogen-bond acceptors (Lipinski definition) is 3. The van der Waals surface area contributed by atoms with Crippen molar-refractivity contribution in [3.63, 3.8) is 0 Å². The van der Waals surface area contributed by atoms with Gasteiger partial charge in [-0.25, -0.2) is 0 Å². The third-order valence-electron chi connectivity index (χ3n) is 2.00. The van der Waals surface area contributed by atoms with E-state index in [4.69, 9.17) is 5.73 Å².